The predicted octanol–water partition coefficient (Wildman–Crippen LogP) is 3.29. The summed E-state index contributed by atoms with van der Waals surface area (Å²) >= 11 is 0. The second kappa shape index (κ2) is 5.17. The number of benzene rings is 1. The van der Waals surface area contributed by atoms with Crippen LogP contribution in [0.3, 0.4) is 0 Å². The van der Waals surface area contributed by atoms with Crippen molar-refractivity contribution in [3.05, 3.63) is 42.0 Å². The normalized spacial score (nSPS) is 11.3. The van der Waals surface area contributed by atoms with Crippen molar-refractivity contribution < 1.29 is 8.81 Å². The third-order valence-corrected chi connectivity index (χ3v) is 2.89. The van der Waals surface area contributed by atoms with Gasteiger partial charge >= 0.3 is 0 Å². The fourth-order valence-electron chi connectivity index (χ4n) is 1.64. The van der Waals surface area contributed by atoms with Gasteiger partial charge in [-0.15, -0.1) is 0 Å². The summed E-state index contributed by atoms with van der Waals surface area (Å²) in [5.41, 5.74) is 10.5. The highest BCUT2D eigenvalue weighted by Crippen LogP contribution is 2.26. The number of aromatic nitrogens is 1. The minimum atomic E-state index is -0.313. The molecule has 0 saturated heterocycles. The Morgan fingerprint density at radius 3 is 2.68 bits per heavy atom. The van der Waals surface area contributed by atoms with E-state index in [1.165, 1.54) is 12.1 Å². The Labute approximate surface area is 110 Å². The van der Waals surface area contributed by atoms with Crippen molar-refractivity contribution in [2.75, 3.05) is 6.54 Å². The number of nitrogens with one attached hydrogen (secondary N) is 2. The van der Waals surface area contributed by atoms with Gasteiger partial charge in [-0.05, 0) is 24.3 Å². The molecule has 0 radical (unpaired) electrons. The van der Waals surface area contributed by atoms with Crippen LogP contribution in [0.1, 0.15) is 19.5 Å². The Morgan fingerprint density at radius 2 is 2.05 bits per heavy atom. The summed E-state index contributed by atoms with van der Waals surface area (Å²) < 4.78 is 18.3. The molecule has 5 nitrogen and oxygen atoms in total. The topological polar surface area (TPSA) is 74.3 Å². The van der Waals surface area contributed by atoms with Gasteiger partial charge in [-0.25, -0.2) is 9.37 Å². The van der Waals surface area contributed by atoms with E-state index in [1.807, 2.05) is 13.8 Å². The van der Waals surface area contributed by atoms with Crippen LogP contribution in [0.4, 0.5) is 4.39 Å². The van der Waals surface area contributed by atoms with Crippen molar-refractivity contribution in [2.45, 2.75) is 19.3 Å². The number of hydrogen-bond donors (Lipinski definition) is 2. The van der Waals surface area contributed by atoms with Crippen LogP contribution in [0.25, 0.3) is 11.5 Å². The van der Waals surface area contributed by atoms with E-state index in [2.05, 4.69) is 15.6 Å². The van der Waals surface area contributed by atoms with Gasteiger partial charge in [0.2, 0.25) is 5.89 Å². The van der Waals surface area contributed by atoms with Gasteiger partial charge in [0, 0.05) is 17.5 Å². The number of hydrogen-bond acceptors (Lipinski definition) is 4. The highest BCUT2D eigenvalue weighted by atomic mass is 19.1. The van der Waals surface area contributed by atoms with Crippen molar-refractivity contribution in [1.29, 1.82) is 5.53 Å². The lowest BCUT2D eigenvalue weighted by atomic mass is 9.90. The van der Waals surface area contributed by atoms with Crippen molar-refractivity contribution >= 4 is 0 Å². The molecule has 100 valence electrons. The van der Waals surface area contributed by atoms with E-state index >= 15 is 0 Å². The summed E-state index contributed by atoms with van der Waals surface area (Å²) in [6.07, 6.45) is 1.57. The second-order valence-corrected chi connectivity index (χ2v) is 4.88. The van der Waals surface area contributed by atoms with E-state index in [0.29, 0.717) is 12.4 Å². The van der Waals surface area contributed by atoms with Crippen LogP contribution in [0, 0.1) is 11.3 Å². The first kappa shape index (κ1) is 13.2. The van der Waals surface area contributed by atoms with E-state index in [9.17, 15) is 4.39 Å². The number of nitrogens with zero attached hydrogens (tertiary/aromatic N) is 2. The molecule has 0 aliphatic rings. The summed E-state index contributed by atoms with van der Waals surface area (Å²) in [6, 6.07) is 5.97. The maximum absolute atomic E-state index is 12.8. The SMILES string of the molecule is CC(C)(CNN=N)c1coc(-c2ccc(F)cc2)n1. The highest BCUT2D eigenvalue weighted by Gasteiger charge is 2.25. The molecule has 0 unspecified atom stereocenters. The zero-order valence-corrected chi connectivity index (χ0v) is 10.8. The average Bonchev–Trinajstić information content (AvgIpc) is 2.88. The van der Waals surface area contributed by atoms with Crippen molar-refractivity contribution in [2.24, 2.45) is 5.22 Å². The molecule has 2 N–H and O–H groups in total. The monoisotopic (exact) mass is 262 g/mol. The maximum Gasteiger partial charge on any atom is 0.226 e. The highest BCUT2D eigenvalue weighted by molar-refractivity contribution is 5.53. The standard InChI is InChI=1S/C13H15FN4O/c1-13(2,8-16-18-15)11-7-19-12(17-11)9-3-5-10(14)6-4-9/h3-7H,8H2,1-2H3,(H2,15,16). The first-order chi connectivity index (χ1) is 9.03. The van der Waals surface area contributed by atoms with Gasteiger partial charge in [-0.3, -0.25) is 5.43 Å². The van der Waals surface area contributed by atoms with Crippen LogP contribution in [0.5, 0.6) is 0 Å². The summed E-state index contributed by atoms with van der Waals surface area (Å²) in [7, 11) is 0. The van der Waals surface area contributed by atoms with Gasteiger partial charge in [-0.1, -0.05) is 19.1 Å². The average molecular weight is 262 g/mol. The van der Waals surface area contributed by atoms with Crippen LogP contribution in [0.2, 0.25) is 0 Å². The quantitative estimate of drug-likeness (QED) is 0.641. The van der Waals surface area contributed by atoms with Crippen LogP contribution >= 0.6 is 0 Å². The molecule has 6 heteroatoms. The molecule has 2 rings (SSSR count). The van der Waals surface area contributed by atoms with Crippen molar-refractivity contribution in [3.63, 3.8) is 0 Å². The molecular formula is C13H15FN4O. The molecule has 1 aromatic heterocycles. The van der Waals surface area contributed by atoms with Gasteiger partial charge in [0.15, 0.2) is 0 Å². The lowest BCUT2D eigenvalue weighted by Gasteiger charge is -2.20. The fraction of sp³-hybridized carbons (Fsp3) is 0.308. The molecule has 1 heterocycles. The Bertz CT molecular complexity index is 562. The first-order valence-corrected chi connectivity index (χ1v) is 5.84. The molecule has 2 aromatic rings. The van der Waals surface area contributed by atoms with E-state index in [-0.39, 0.29) is 11.2 Å². The molecule has 0 saturated carbocycles. The zero-order valence-electron chi connectivity index (χ0n) is 10.8. The molecular weight excluding hydrogens is 247 g/mol. The van der Waals surface area contributed by atoms with E-state index < -0.39 is 0 Å². The number of oxazole rings is 1. The fourth-order valence-corrected chi connectivity index (χ4v) is 1.64. The van der Waals surface area contributed by atoms with E-state index in [0.717, 1.165) is 11.3 Å². The smallest absolute Gasteiger partial charge is 0.226 e. The first-order valence-electron chi connectivity index (χ1n) is 5.84. The van der Waals surface area contributed by atoms with Crippen molar-refractivity contribution in [3.8, 4) is 11.5 Å². The minimum absolute atomic E-state index is 0.294. The lowest BCUT2D eigenvalue weighted by molar-refractivity contribution is 0.451. The van der Waals surface area contributed by atoms with Crippen LogP contribution < -0.4 is 5.43 Å². The van der Waals surface area contributed by atoms with Crippen LogP contribution in [-0.2, 0) is 5.41 Å². The second-order valence-electron chi connectivity index (χ2n) is 4.88. The Hall–Kier alpha value is -2.24. The van der Waals surface area contributed by atoms with Crippen LogP contribution in [0.15, 0.2) is 40.2 Å². The molecule has 0 bridgehead atoms. The largest absolute Gasteiger partial charge is 0.444 e. The summed E-state index contributed by atoms with van der Waals surface area (Å²) in [5, 5.41) is 3.12. The zero-order chi connectivity index (χ0) is 13.9. The molecule has 0 atom stereocenters. The maximum atomic E-state index is 12.8. The molecule has 1 aromatic carbocycles. The number of rotatable bonds is 5. The third kappa shape index (κ3) is 2.96. The summed E-state index contributed by atoms with van der Waals surface area (Å²) in [6.45, 7) is 4.42. The Kier molecular flexibility index (Phi) is 3.59. The van der Waals surface area contributed by atoms with E-state index in [1.54, 1.807) is 18.4 Å². The van der Waals surface area contributed by atoms with Gasteiger partial charge in [-0.2, -0.15) is 5.53 Å². The van der Waals surface area contributed by atoms with Gasteiger partial charge in [0.1, 0.15) is 12.1 Å². The summed E-state index contributed by atoms with van der Waals surface area (Å²) in [4.78, 5) is 4.40. The van der Waals surface area contributed by atoms with Gasteiger partial charge in [0.05, 0.1) is 5.69 Å². The minimum Gasteiger partial charge on any atom is -0.444 e. The Balaban J connectivity index is 2.23. The molecule has 0 aliphatic heterocycles. The molecule has 0 amide bonds. The molecule has 19 heavy (non-hydrogen) atoms. The molecule has 0 aliphatic carbocycles. The van der Waals surface area contributed by atoms with E-state index in [4.69, 9.17) is 9.95 Å². The lowest BCUT2D eigenvalue weighted by Crippen LogP contribution is -2.30. The number of halogens is 1. The third-order valence-electron chi connectivity index (χ3n) is 2.89. The Morgan fingerprint density at radius 1 is 1.37 bits per heavy atom. The predicted molar refractivity (Wildman–Crippen MR) is 68.1 cm³/mol. The van der Waals surface area contributed by atoms with Crippen molar-refractivity contribution in [1.82, 2.24) is 10.4 Å². The summed E-state index contributed by atoms with van der Waals surface area (Å²) in [5.74, 6) is 0.156. The van der Waals surface area contributed by atoms with Crippen LogP contribution in [-0.4, -0.2) is 11.5 Å². The molecule has 0 fully saturated rings. The molecule has 0 spiro atoms. The van der Waals surface area contributed by atoms with Gasteiger partial charge in [0.25, 0.3) is 0 Å². The van der Waals surface area contributed by atoms with Gasteiger partial charge < -0.3 is 4.42 Å².